The molecule has 0 aliphatic rings. The summed E-state index contributed by atoms with van der Waals surface area (Å²) >= 11 is 1.87. The fraction of sp³-hybridized carbons (Fsp3) is 0. The van der Waals surface area contributed by atoms with Crippen LogP contribution in [0.1, 0.15) is 0 Å². The highest BCUT2D eigenvalue weighted by atomic mass is 32.1. The van der Waals surface area contributed by atoms with Crippen LogP contribution in [0.2, 0.25) is 0 Å². The molecule has 40 heavy (non-hydrogen) atoms. The van der Waals surface area contributed by atoms with Crippen molar-refractivity contribution in [3.8, 4) is 38.6 Å². The summed E-state index contributed by atoms with van der Waals surface area (Å²) in [6, 6.07) is 51.7. The van der Waals surface area contributed by atoms with Crippen LogP contribution in [0.3, 0.4) is 0 Å². The molecule has 0 radical (unpaired) electrons. The van der Waals surface area contributed by atoms with Crippen molar-refractivity contribution >= 4 is 43.2 Å². The van der Waals surface area contributed by atoms with Crippen LogP contribution in [0.15, 0.2) is 146 Å². The zero-order valence-electron chi connectivity index (χ0n) is 21.7. The number of pyridine rings is 1. The van der Waals surface area contributed by atoms with E-state index < -0.39 is 0 Å². The summed E-state index contributed by atoms with van der Waals surface area (Å²) in [5.74, 6) is 0.922. The number of rotatable bonds is 4. The van der Waals surface area contributed by atoms with Gasteiger partial charge in [-0.05, 0) is 52.4 Å². The molecule has 5 aromatic carbocycles. The zero-order valence-corrected chi connectivity index (χ0v) is 22.5. The predicted octanol–water partition coefficient (Wildman–Crippen LogP) is 10.4. The van der Waals surface area contributed by atoms with Crippen molar-refractivity contribution in [2.45, 2.75) is 0 Å². The highest BCUT2D eigenvalue weighted by Gasteiger charge is 2.18. The Balaban J connectivity index is 1.43. The molecule has 0 saturated carbocycles. The largest absolute Gasteiger partial charge is 0.294 e. The number of aromatic nitrogens is 2. The van der Waals surface area contributed by atoms with Gasteiger partial charge >= 0.3 is 0 Å². The smallest absolute Gasteiger partial charge is 0.138 e. The van der Waals surface area contributed by atoms with Crippen molar-refractivity contribution in [1.29, 1.82) is 0 Å². The molecule has 0 fully saturated rings. The molecule has 0 N–H and O–H groups in total. The lowest BCUT2D eigenvalue weighted by atomic mass is 10.0. The van der Waals surface area contributed by atoms with Crippen LogP contribution in [-0.4, -0.2) is 9.55 Å². The van der Waals surface area contributed by atoms with E-state index in [2.05, 4.69) is 144 Å². The Hall–Kier alpha value is -4.99. The number of hydrogen-bond acceptors (Lipinski definition) is 2. The molecular weight excluding hydrogens is 504 g/mol. The minimum atomic E-state index is 0.922. The molecule has 2 nitrogen and oxygen atoms in total. The average Bonchev–Trinajstić information content (AvgIpc) is 3.62. The topological polar surface area (TPSA) is 17.8 Å². The van der Waals surface area contributed by atoms with Gasteiger partial charge in [-0.2, -0.15) is 0 Å². The molecule has 8 rings (SSSR count). The van der Waals surface area contributed by atoms with E-state index >= 15 is 0 Å². The first-order chi connectivity index (χ1) is 19.8. The van der Waals surface area contributed by atoms with E-state index in [1.807, 2.05) is 17.4 Å². The Morgan fingerprint density at radius 3 is 1.90 bits per heavy atom. The lowest BCUT2D eigenvalue weighted by Gasteiger charge is -2.13. The normalized spacial score (nSPS) is 11.5. The number of nitrogens with zero attached hydrogens (tertiary/aromatic N) is 2. The molecule has 0 atom stereocenters. The van der Waals surface area contributed by atoms with Gasteiger partial charge in [-0.3, -0.25) is 4.57 Å². The fourth-order valence-corrected chi connectivity index (χ4v) is 6.95. The van der Waals surface area contributed by atoms with Crippen LogP contribution in [0.4, 0.5) is 0 Å². The second kappa shape index (κ2) is 9.33. The Labute approximate surface area is 236 Å². The van der Waals surface area contributed by atoms with Gasteiger partial charge in [0.2, 0.25) is 0 Å². The summed E-state index contributed by atoms with van der Waals surface area (Å²) in [7, 11) is 0. The fourth-order valence-electron chi connectivity index (χ4n) is 5.73. The minimum Gasteiger partial charge on any atom is -0.294 e. The van der Waals surface area contributed by atoms with Crippen LogP contribution >= 0.6 is 11.3 Å². The molecule has 188 valence electrons. The van der Waals surface area contributed by atoms with Crippen LogP contribution < -0.4 is 0 Å². The minimum absolute atomic E-state index is 0.922. The lowest BCUT2D eigenvalue weighted by Crippen LogP contribution is -2.00. The summed E-state index contributed by atoms with van der Waals surface area (Å²) in [6.07, 6.45) is 0. The first kappa shape index (κ1) is 22.9. The van der Waals surface area contributed by atoms with Gasteiger partial charge in [0.25, 0.3) is 0 Å². The zero-order chi connectivity index (χ0) is 26.5. The molecule has 0 saturated heterocycles. The van der Waals surface area contributed by atoms with Gasteiger partial charge in [-0.15, -0.1) is 11.3 Å². The highest BCUT2D eigenvalue weighted by Crippen LogP contribution is 2.43. The van der Waals surface area contributed by atoms with Crippen LogP contribution in [0.25, 0.3) is 70.5 Å². The summed E-state index contributed by atoms with van der Waals surface area (Å²) < 4.78 is 3.65. The molecule has 3 heterocycles. The number of thiophene rings is 1. The highest BCUT2D eigenvalue weighted by molar-refractivity contribution is 7.23. The average molecular weight is 529 g/mol. The summed E-state index contributed by atoms with van der Waals surface area (Å²) in [6.45, 7) is 0. The summed E-state index contributed by atoms with van der Waals surface area (Å²) in [5, 5.41) is 3.81. The second-order valence-corrected chi connectivity index (χ2v) is 11.1. The molecule has 0 aliphatic heterocycles. The second-order valence-electron chi connectivity index (χ2n) is 10.0. The van der Waals surface area contributed by atoms with Crippen molar-refractivity contribution in [2.75, 3.05) is 0 Å². The number of para-hydroxylation sites is 1. The third kappa shape index (κ3) is 3.75. The molecule has 0 bridgehead atoms. The third-order valence-corrected chi connectivity index (χ3v) is 8.81. The van der Waals surface area contributed by atoms with Gasteiger partial charge in [-0.25, -0.2) is 4.98 Å². The Morgan fingerprint density at radius 1 is 0.500 bits per heavy atom. The van der Waals surface area contributed by atoms with E-state index in [0.717, 1.165) is 28.2 Å². The quantitative estimate of drug-likeness (QED) is 0.222. The maximum atomic E-state index is 5.27. The predicted molar refractivity (Wildman–Crippen MR) is 170 cm³/mol. The van der Waals surface area contributed by atoms with Crippen molar-refractivity contribution in [2.24, 2.45) is 0 Å². The van der Waals surface area contributed by atoms with Crippen molar-refractivity contribution in [1.82, 2.24) is 9.55 Å². The summed E-state index contributed by atoms with van der Waals surface area (Å²) in [5.41, 5.74) is 7.99. The van der Waals surface area contributed by atoms with Crippen LogP contribution in [-0.2, 0) is 0 Å². The number of benzene rings is 5. The van der Waals surface area contributed by atoms with E-state index in [-0.39, 0.29) is 0 Å². The molecule has 0 unspecified atom stereocenters. The molecule has 0 aliphatic carbocycles. The standard InChI is InChI=1S/C37H24N2S/c1-4-12-25(13-5-1)29-22-31(26-14-6-2-7-15-26)38-35(24-29)39-32-19-11-10-18-30(32)36-33(39)21-20-28-23-34(40-37(28)36)27-16-8-3-9-17-27/h1-24H. The van der Waals surface area contributed by atoms with Crippen LogP contribution in [0, 0.1) is 0 Å². The van der Waals surface area contributed by atoms with Gasteiger partial charge in [0.05, 0.1) is 16.7 Å². The van der Waals surface area contributed by atoms with Gasteiger partial charge in [0, 0.05) is 25.9 Å². The maximum Gasteiger partial charge on any atom is 0.138 e. The van der Waals surface area contributed by atoms with Crippen molar-refractivity contribution in [3.63, 3.8) is 0 Å². The van der Waals surface area contributed by atoms with E-state index in [0.29, 0.717) is 0 Å². The molecule has 0 spiro atoms. The SMILES string of the molecule is c1ccc(-c2cc(-c3ccccc3)nc(-n3c4ccccc4c4c5sc(-c6ccccc6)cc5ccc43)c2)cc1. The molecular formula is C37H24N2S. The van der Waals surface area contributed by atoms with Crippen molar-refractivity contribution in [3.05, 3.63) is 146 Å². The number of fused-ring (bicyclic) bond motifs is 5. The Morgan fingerprint density at radius 2 is 1.15 bits per heavy atom. The van der Waals surface area contributed by atoms with Crippen LogP contribution in [0.5, 0.6) is 0 Å². The Bertz CT molecular complexity index is 2080. The van der Waals surface area contributed by atoms with E-state index in [9.17, 15) is 0 Å². The van der Waals surface area contributed by atoms with Crippen molar-refractivity contribution < 1.29 is 0 Å². The van der Waals surface area contributed by atoms with E-state index in [4.69, 9.17) is 4.98 Å². The molecule has 0 amide bonds. The monoisotopic (exact) mass is 528 g/mol. The van der Waals surface area contributed by atoms with Gasteiger partial charge in [0.15, 0.2) is 0 Å². The maximum absolute atomic E-state index is 5.27. The Kier molecular flexibility index (Phi) is 5.35. The first-order valence-corrected chi connectivity index (χ1v) is 14.3. The number of hydrogen-bond donors (Lipinski definition) is 0. The van der Waals surface area contributed by atoms with Gasteiger partial charge in [-0.1, -0.05) is 115 Å². The van der Waals surface area contributed by atoms with Gasteiger partial charge < -0.3 is 0 Å². The molecule has 3 aromatic heterocycles. The molecule has 3 heteroatoms. The molecule has 8 aromatic rings. The summed E-state index contributed by atoms with van der Waals surface area (Å²) in [4.78, 5) is 6.56. The van der Waals surface area contributed by atoms with Gasteiger partial charge in [0.1, 0.15) is 5.82 Å². The van der Waals surface area contributed by atoms with E-state index in [1.54, 1.807) is 0 Å². The third-order valence-electron chi connectivity index (χ3n) is 7.60. The van der Waals surface area contributed by atoms with E-state index in [1.165, 1.54) is 42.4 Å². The first-order valence-electron chi connectivity index (χ1n) is 13.5. The lowest BCUT2D eigenvalue weighted by molar-refractivity contribution is 1.08.